The Morgan fingerprint density at radius 2 is 1.16 bits per heavy atom. The van der Waals surface area contributed by atoms with E-state index in [1.807, 2.05) is 54.6 Å². The second-order valence-electron chi connectivity index (χ2n) is 6.81. The topological polar surface area (TPSA) is 156 Å². The molecule has 4 aromatic carbocycles. The average Bonchev–Trinajstić information content (AvgIpc) is 2.77. The van der Waals surface area contributed by atoms with Crippen LogP contribution >= 0.6 is 0 Å². The minimum Gasteiger partial charge on any atom is -0.398 e. The summed E-state index contributed by atoms with van der Waals surface area (Å²) in [5.41, 5.74) is 13.4. The molecule has 0 saturated carbocycles. The number of nitrogens with zero attached hydrogens (tertiary/aromatic N) is 4. The van der Waals surface area contributed by atoms with E-state index >= 15 is 0 Å². The van der Waals surface area contributed by atoms with E-state index in [0.717, 1.165) is 22.5 Å². The Morgan fingerprint density at radius 3 is 1.75 bits per heavy atom. The second kappa shape index (κ2) is 8.53. The Bertz CT molecular complexity index is 1470. The Kier molecular flexibility index (Phi) is 5.63. The fraction of sp³-hybridized carbons (Fsp3) is 0. The molecular weight excluding hydrogens is 428 g/mol. The van der Waals surface area contributed by atoms with Gasteiger partial charge < -0.3 is 11.5 Å². The van der Waals surface area contributed by atoms with Gasteiger partial charge in [-0.25, -0.2) is 0 Å². The van der Waals surface area contributed by atoms with Crippen molar-refractivity contribution in [2.75, 3.05) is 11.5 Å². The fourth-order valence-corrected chi connectivity index (χ4v) is 3.69. The van der Waals surface area contributed by atoms with Gasteiger partial charge in [0.1, 0.15) is 10.6 Å². The zero-order chi connectivity index (χ0) is 22.7. The van der Waals surface area contributed by atoms with Gasteiger partial charge in [0.2, 0.25) is 0 Å². The van der Waals surface area contributed by atoms with Crippen molar-refractivity contribution in [3.8, 4) is 0 Å². The zero-order valence-electron chi connectivity index (χ0n) is 16.6. The number of benzene rings is 4. The van der Waals surface area contributed by atoms with Gasteiger partial charge in [0.15, 0.2) is 0 Å². The van der Waals surface area contributed by atoms with Crippen molar-refractivity contribution in [3.05, 3.63) is 78.9 Å². The van der Waals surface area contributed by atoms with Crippen LogP contribution in [-0.4, -0.2) is 13.0 Å². The molecule has 32 heavy (non-hydrogen) atoms. The Balaban J connectivity index is 1.74. The lowest BCUT2D eigenvalue weighted by atomic mass is 10.1. The highest BCUT2D eigenvalue weighted by Gasteiger charge is 2.16. The number of fused-ring (bicyclic) bond motifs is 1. The lowest BCUT2D eigenvalue weighted by Crippen LogP contribution is -2.04. The zero-order valence-corrected chi connectivity index (χ0v) is 17.4. The third kappa shape index (κ3) is 4.46. The van der Waals surface area contributed by atoms with Crippen LogP contribution in [0.25, 0.3) is 10.8 Å². The number of azo groups is 2. The molecule has 0 radical (unpaired) electrons. The normalized spacial score (nSPS) is 12.2. The van der Waals surface area contributed by atoms with Crippen LogP contribution in [0.4, 0.5) is 34.1 Å². The number of anilines is 2. The summed E-state index contributed by atoms with van der Waals surface area (Å²) in [5.74, 6) is 0. The predicted octanol–water partition coefficient (Wildman–Crippen LogP) is 6.08. The van der Waals surface area contributed by atoms with Crippen LogP contribution in [0, 0.1) is 0 Å². The molecule has 160 valence electrons. The summed E-state index contributed by atoms with van der Waals surface area (Å²) in [6.07, 6.45) is 0. The van der Waals surface area contributed by atoms with E-state index in [1.54, 1.807) is 12.1 Å². The van der Waals surface area contributed by atoms with E-state index < -0.39 is 15.0 Å². The first kappa shape index (κ1) is 21.1. The molecule has 0 unspecified atom stereocenters. The molecule has 0 heterocycles. The number of nitrogens with two attached hydrogens (primary N) is 2. The molecule has 4 aromatic rings. The molecule has 0 spiro atoms. The van der Waals surface area contributed by atoms with E-state index in [4.69, 9.17) is 11.5 Å². The first-order valence-electron chi connectivity index (χ1n) is 9.40. The van der Waals surface area contributed by atoms with Gasteiger partial charge in [-0.3, -0.25) is 4.55 Å². The van der Waals surface area contributed by atoms with E-state index in [2.05, 4.69) is 20.5 Å². The summed E-state index contributed by atoms with van der Waals surface area (Å²) in [5, 5.41) is 18.5. The minimum atomic E-state index is -4.53. The first-order valence-corrected chi connectivity index (χ1v) is 10.8. The van der Waals surface area contributed by atoms with Crippen LogP contribution in [0.15, 0.2) is 104 Å². The van der Waals surface area contributed by atoms with Crippen molar-refractivity contribution in [2.45, 2.75) is 4.90 Å². The maximum Gasteiger partial charge on any atom is 0.296 e. The smallest absolute Gasteiger partial charge is 0.296 e. The molecule has 0 aliphatic heterocycles. The number of rotatable bonds is 5. The van der Waals surface area contributed by atoms with Crippen LogP contribution in [0.5, 0.6) is 0 Å². The van der Waals surface area contributed by atoms with Gasteiger partial charge in [-0.05, 0) is 36.4 Å². The molecule has 9 nitrogen and oxygen atoms in total. The van der Waals surface area contributed by atoms with Gasteiger partial charge >= 0.3 is 0 Å². The maximum atomic E-state index is 11.5. The summed E-state index contributed by atoms with van der Waals surface area (Å²) in [6, 6.07) is 22.6. The summed E-state index contributed by atoms with van der Waals surface area (Å²) in [6.45, 7) is 0. The summed E-state index contributed by atoms with van der Waals surface area (Å²) < 4.78 is 32.4. The maximum absolute atomic E-state index is 11.5. The third-order valence-corrected chi connectivity index (χ3v) is 5.52. The highest BCUT2D eigenvalue weighted by atomic mass is 32.2. The van der Waals surface area contributed by atoms with Crippen molar-refractivity contribution in [3.63, 3.8) is 0 Å². The molecule has 0 aliphatic carbocycles. The Labute approximate surface area is 183 Å². The van der Waals surface area contributed by atoms with Gasteiger partial charge in [0.25, 0.3) is 10.1 Å². The Morgan fingerprint density at radius 1 is 0.625 bits per heavy atom. The largest absolute Gasteiger partial charge is 0.398 e. The van der Waals surface area contributed by atoms with Crippen molar-refractivity contribution in [1.29, 1.82) is 0 Å². The van der Waals surface area contributed by atoms with Crippen LogP contribution in [0.2, 0.25) is 0 Å². The van der Waals surface area contributed by atoms with Crippen molar-refractivity contribution in [2.24, 2.45) is 20.5 Å². The van der Waals surface area contributed by atoms with Crippen molar-refractivity contribution < 1.29 is 13.0 Å². The van der Waals surface area contributed by atoms with Crippen LogP contribution < -0.4 is 11.5 Å². The molecule has 0 bridgehead atoms. The van der Waals surface area contributed by atoms with Gasteiger partial charge in [0.05, 0.1) is 28.4 Å². The number of hydrogen-bond donors (Lipinski definition) is 3. The highest BCUT2D eigenvalue weighted by molar-refractivity contribution is 7.86. The van der Waals surface area contributed by atoms with Gasteiger partial charge in [-0.2, -0.15) is 13.5 Å². The van der Waals surface area contributed by atoms with Gasteiger partial charge in [-0.15, -0.1) is 15.3 Å². The molecule has 5 N–H and O–H groups in total. The third-order valence-electron chi connectivity index (χ3n) is 4.61. The SMILES string of the molecule is Nc1cc(N)c(S(=O)(=O)O)cc1N=Nc1ccc(N=Nc2ccccc2)c2ccccc12. The van der Waals surface area contributed by atoms with E-state index in [1.165, 1.54) is 6.07 Å². The molecule has 0 aromatic heterocycles. The predicted molar refractivity (Wildman–Crippen MR) is 124 cm³/mol. The standard InChI is InChI=1S/C22H18N6O3S/c23-17-12-18(24)22(32(29,30)31)13-21(17)28-27-20-11-10-19(15-8-4-5-9-16(15)20)26-25-14-6-2-1-3-7-14/h1-13H,23-24H2,(H,29,30,31). The van der Waals surface area contributed by atoms with E-state index in [0.29, 0.717) is 11.4 Å². The van der Waals surface area contributed by atoms with Crippen LogP contribution in [-0.2, 0) is 10.1 Å². The summed E-state index contributed by atoms with van der Waals surface area (Å²) in [7, 11) is -4.53. The van der Waals surface area contributed by atoms with Crippen molar-refractivity contribution in [1.82, 2.24) is 0 Å². The summed E-state index contributed by atoms with van der Waals surface area (Å²) >= 11 is 0. The van der Waals surface area contributed by atoms with E-state index in [-0.39, 0.29) is 17.1 Å². The quantitative estimate of drug-likeness (QED) is 0.192. The molecular formula is C22H18N6O3S. The molecule has 10 heteroatoms. The van der Waals surface area contributed by atoms with Crippen LogP contribution in [0.3, 0.4) is 0 Å². The fourth-order valence-electron chi connectivity index (χ4n) is 3.07. The molecule has 0 fully saturated rings. The molecule has 4 rings (SSSR count). The van der Waals surface area contributed by atoms with E-state index in [9.17, 15) is 13.0 Å². The molecule has 0 atom stereocenters. The highest BCUT2D eigenvalue weighted by Crippen LogP contribution is 2.36. The number of hydrogen-bond acceptors (Lipinski definition) is 8. The van der Waals surface area contributed by atoms with Crippen molar-refractivity contribution >= 4 is 55.0 Å². The number of nitrogen functional groups attached to an aromatic ring is 2. The lowest BCUT2D eigenvalue weighted by Gasteiger charge is -2.07. The monoisotopic (exact) mass is 446 g/mol. The van der Waals surface area contributed by atoms with Gasteiger partial charge in [0, 0.05) is 10.8 Å². The average molecular weight is 446 g/mol. The summed E-state index contributed by atoms with van der Waals surface area (Å²) in [4.78, 5) is -0.484. The lowest BCUT2D eigenvalue weighted by molar-refractivity contribution is 0.483. The minimum absolute atomic E-state index is 0.0590. The van der Waals surface area contributed by atoms with Crippen LogP contribution in [0.1, 0.15) is 0 Å². The molecule has 0 aliphatic rings. The molecule has 0 amide bonds. The second-order valence-corrected chi connectivity index (χ2v) is 8.20. The van der Waals surface area contributed by atoms with Gasteiger partial charge in [-0.1, -0.05) is 42.5 Å². The Hall–Kier alpha value is -4.15. The molecule has 0 saturated heterocycles. The first-order chi connectivity index (χ1) is 15.3.